The van der Waals surface area contributed by atoms with Gasteiger partial charge in [-0.2, -0.15) is 0 Å². The minimum atomic E-state index is 0.285. The molecule has 4 nitrogen and oxygen atoms in total. The number of rotatable bonds is 5. The highest BCUT2D eigenvalue weighted by molar-refractivity contribution is 5.16. The van der Waals surface area contributed by atoms with Crippen molar-refractivity contribution < 1.29 is 0 Å². The number of hydrogen-bond acceptors (Lipinski definition) is 3. The fourth-order valence-electron chi connectivity index (χ4n) is 2.13. The van der Waals surface area contributed by atoms with Crippen LogP contribution in [0.4, 0.5) is 0 Å². The van der Waals surface area contributed by atoms with Gasteiger partial charge in [0.1, 0.15) is 0 Å². The van der Waals surface area contributed by atoms with Crippen molar-refractivity contribution in [1.29, 1.82) is 0 Å². The number of imidazole rings is 1. The molecule has 1 aromatic rings. The predicted molar refractivity (Wildman–Crippen MR) is 62.7 cm³/mol. The molecule has 0 aliphatic rings. The summed E-state index contributed by atoms with van der Waals surface area (Å²) in [6, 6.07) is 0.285. The van der Waals surface area contributed by atoms with E-state index in [1.165, 1.54) is 5.69 Å². The first kappa shape index (κ1) is 12.2. The summed E-state index contributed by atoms with van der Waals surface area (Å²) >= 11 is 0. The first-order valence-electron chi connectivity index (χ1n) is 5.57. The molecule has 2 N–H and O–H groups in total. The van der Waals surface area contributed by atoms with E-state index >= 15 is 0 Å². The molecule has 1 aromatic heterocycles. The molecule has 1 rings (SSSR count). The summed E-state index contributed by atoms with van der Waals surface area (Å²) in [6.45, 7) is 9.05. The van der Waals surface area contributed by atoms with Crippen LogP contribution >= 0.6 is 0 Å². The molecule has 1 heterocycles. The van der Waals surface area contributed by atoms with Gasteiger partial charge in [-0.1, -0.05) is 13.8 Å². The van der Waals surface area contributed by atoms with Crippen LogP contribution in [0.25, 0.3) is 0 Å². The summed E-state index contributed by atoms with van der Waals surface area (Å²) in [6.07, 6.45) is 1.86. The van der Waals surface area contributed by atoms with Crippen LogP contribution in [0.5, 0.6) is 0 Å². The Morgan fingerprint density at radius 3 is 2.40 bits per heavy atom. The van der Waals surface area contributed by atoms with Crippen molar-refractivity contribution in [2.45, 2.75) is 26.8 Å². The summed E-state index contributed by atoms with van der Waals surface area (Å²) < 4.78 is 2.07. The van der Waals surface area contributed by atoms with Crippen LogP contribution in [0, 0.1) is 6.92 Å². The first-order chi connectivity index (χ1) is 7.15. The number of likely N-dealkylation sites (N-methyl/N-ethyl adjacent to an activating group) is 1. The van der Waals surface area contributed by atoms with Crippen molar-refractivity contribution in [3.63, 3.8) is 0 Å². The Labute approximate surface area is 92.1 Å². The van der Waals surface area contributed by atoms with Gasteiger partial charge in [0, 0.05) is 13.6 Å². The quantitative estimate of drug-likeness (QED) is 0.791. The second kappa shape index (κ2) is 5.28. The van der Waals surface area contributed by atoms with Gasteiger partial charge in [0.15, 0.2) is 0 Å². The summed E-state index contributed by atoms with van der Waals surface area (Å²) in [5.74, 6) is 0. The lowest BCUT2D eigenvalue weighted by Gasteiger charge is -2.29. The third-order valence-electron chi connectivity index (χ3n) is 2.97. The van der Waals surface area contributed by atoms with Gasteiger partial charge in [-0.25, -0.2) is 4.98 Å². The maximum Gasteiger partial charge on any atom is 0.0949 e. The van der Waals surface area contributed by atoms with Crippen molar-refractivity contribution in [2.24, 2.45) is 12.8 Å². The van der Waals surface area contributed by atoms with Gasteiger partial charge in [0.25, 0.3) is 0 Å². The molecule has 1 atom stereocenters. The van der Waals surface area contributed by atoms with Crippen LogP contribution in [-0.2, 0) is 7.05 Å². The Kier molecular flexibility index (Phi) is 4.29. The normalized spacial score (nSPS) is 13.5. The molecule has 0 bridgehead atoms. The zero-order chi connectivity index (χ0) is 11.4. The van der Waals surface area contributed by atoms with Crippen LogP contribution in [0.1, 0.15) is 31.3 Å². The average Bonchev–Trinajstić information content (AvgIpc) is 2.56. The maximum atomic E-state index is 5.87. The monoisotopic (exact) mass is 210 g/mol. The van der Waals surface area contributed by atoms with Gasteiger partial charge in [-0.15, -0.1) is 0 Å². The van der Waals surface area contributed by atoms with E-state index in [0.717, 1.165) is 18.8 Å². The van der Waals surface area contributed by atoms with Gasteiger partial charge in [-0.3, -0.25) is 4.90 Å². The molecule has 86 valence electrons. The predicted octanol–water partition coefficient (Wildman–Crippen LogP) is 1.07. The van der Waals surface area contributed by atoms with E-state index in [-0.39, 0.29) is 6.04 Å². The topological polar surface area (TPSA) is 47.1 Å². The Hall–Kier alpha value is -0.870. The molecule has 0 spiro atoms. The Morgan fingerprint density at radius 2 is 2.07 bits per heavy atom. The number of hydrogen-bond donors (Lipinski definition) is 1. The van der Waals surface area contributed by atoms with E-state index in [9.17, 15) is 0 Å². The van der Waals surface area contributed by atoms with Gasteiger partial charge in [-0.05, 0) is 20.0 Å². The van der Waals surface area contributed by atoms with E-state index in [1.807, 2.05) is 20.3 Å². The largest absolute Gasteiger partial charge is 0.336 e. The summed E-state index contributed by atoms with van der Waals surface area (Å²) in [5.41, 5.74) is 8.19. The molecule has 0 saturated heterocycles. The number of aromatic nitrogens is 2. The zero-order valence-electron chi connectivity index (χ0n) is 10.2. The Balaban J connectivity index is 3.01. The van der Waals surface area contributed by atoms with Crippen LogP contribution in [-0.4, -0.2) is 34.1 Å². The van der Waals surface area contributed by atoms with Crippen molar-refractivity contribution in [2.75, 3.05) is 19.6 Å². The van der Waals surface area contributed by atoms with E-state index in [4.69, 9.17) is 5.73 Å². The van der Waals surface area contributed by atoms with Crippen LogP contribution in [0.3, 0.4) is 0 Å². The number of aryl methyl sites for hydroxylation is 2. The molecule has 0 fully saturated rings. The summed E-state index contributed by atoms with van der Waals surface area (Å²) in [4.78, 5) is 6.68. The minimum absolute atomic E-state index is 0.285. The molecule has 0 amide bonds. The number of nitrogens with zero attached hydrogens (tertiary/aromatic N) is 3. The molecular formula is C11H22N4. The molecule has 0 radical (unpaired) electrons. The van der Waals surface area contributed by atoms with Gasteiger partial charge < -0.3 is 10.3 Å². The highest BCUT2D eigenvalue weighted by Gasteiger charge is 2.21. The average molecular weight is 210 g/mol. The van der Waals surface area contributed by atoms with Crippen molar-refractivity contribution in [3.8, 4) is 0 Å². The van der Waals surface area contributed by atoms with Gasteiger partial charge >= 0.3 is 0 Å². The number of nitrogens with two attached hydrogens (primary N) is 1. The lowest BCUT2D eigenvalue weighted by molar-refractivity contribution is 0.216. The second-order valence-corrected chi connectivity index (χ2v) is 3.80. The lowest BCUT2D eigenvalue weighted by Crippen LogP contribution is -2.35. The van der Waals surface area contributed by atoms with E-state index in [1.54, 1.807) is 0 Å². The van der Waals surface area contributed by atoms with Crippen molar-refractivity contribution >= 4 is 0 Å². The molecule has 0 aliphatic carbocycles. The van der Waals surface area contributed by atoms with Crippen LogP contribution in [0.15, 0.2) is 6.33 Å². The molecular weight excluding hydrogens is 188 g/mol. The van der Waals surface area contributed by atoms with Gasteiger partial charge in [0.05, 0.1) is 23.8 Å². The van der Waals surface area contributed by atoms with E-state index in [0.29, 0.717) is 6.54 Å². The lowest BCUT2D eigenvalue weighted by atomic mass is 10.1. The van der Waals surface area contributed by atoms with Crippen LogP contribution in [0.2, 0.25) is 0 Å². The summed E-state index contributed by atoms with van der Waals surface area (Å²) in [7, 11) is 2.03. The Bertz CT molecular complexity index is 282. The first-order valence-corrected chi connectivity index (χ1v) is 5.57. The smallest absolute Gasteiger partial charge is 0.0949 e. The third-order valence-corrected chi connectivity index (χ3v) is 2.97. The van der Waals surface area contributed by atoms with E-state index < -0.39 is 0 Å². The standard InChI is InChI=1S/C11H22N4/c1-5-15(6-2)10(7-12)11-9(3)13-8-14(11)4/h8,10H,5-7,12H2,1-4H3. The van der Waals surface area contributed by atoms with E-state index in [2.05, 4.69) is 28.3 Å². The Morgan fingerprint density at radius 1 is 1.47 bits per heavy atom. The molecule has 1 unspecified atom stereocenters. The van der Waals surface area contributed by atoms with Crippen molar-refractivity contribution in [1.82, 2.24) is 14.5 Å². The fraction of sp³-hybridized carbons (Fsp3) is 0.727. The molecule has 0 aromatic carbocycles. The third kappa shape index (κ3) is 2.38. The minimum Gasteiger partial charge on any atom is -0.336 e. The summed E-state index contributed by atoms with van der Waals surface area (Å²) in [5, 5.41) is 0. The molecule has 0 aliphatic heterocycles. The fourth-order valence-corrected chi connectivity index (χ4v) is 2.13. The van der Waals surface area contributed by atoms with Crippen molar-refractivity contribution in [3.05, 3.63) is 17.7 Å². The maximum absolute atomic E-state index is 5.87. The zero-order valence-corrected chi connectivity index (χ0v) is 10.2. The highest BCUT2D eigenvalue weighted by Crippen LogP contribution is 2.21. The van der Waals surface area contributed by atoms with Gasteiger partial charge in [0.2, 0.25) is 0 Å². The molecule has 15 heavy (non-hydrogen) atoms. The van der Waals surface area contributed by atoms with Crippen LogP contribution < -0.4 is 5.73 Å². The SMILES string of the molecule is CCN(CC)C(CN)c1c(C)ncn1C. The second-order valence-electron chi connectivity index (χ2n) is 3.80. The molecule has 0 saturated carbocycles. The molecule has 4 heteroatoms. The highest BCUT2D eigenvalue weighted by atomic mass is 15.2.